The van der Waals surface area contributed by atoms with Crippen molar-refractivity contribution in [3.8, 4) is 0 Å². The first-order valence-electron chi connectivity index (χ1n) is 8.90. The van der Waals surface area contributed by atoms with Gasteiger partial charge in [-0.15, -0.1) is 0 Å². The molecule has 130 valence electrons. The summed E-state index contributed by atoms with van der Waals surface area (Å²) in [5.41, 5.74) is 0. The smallest absolute Gasteiger partial charge is 0.244 e. The van der Waals surface area contributed by atoms with Crippen LogP contribution in [0.4, 0.5) is 5.82 Å². The number of pyridine rings is 1. The lowest BCUT2D eigenvalue weighted by Crippen LogP contribution is -2.54. The van der Waals surface area contributed by atoms with Crippen molar-refractivity contribution in [2.24, 2.45) is 5.92 Å². The molecule has 1 aromatic rings. The molecule has 0 bridgehead atoms. The number of piperazine rings is 1. The predicted molar refractivity (Wildman–Crippen MR) is 92.6 cm³/mol. The molecule has 2 heterocycles. The maximum Gasteiger partial charge on any atom is 0.244 e. The van der Waals surface area contributed by atoms with Crippen molar-refractivity contribution in [3.05, 3.63) is 24.4 Å². The first-order valence-corrected chi connectivity index (χ1v) is 8.90. The van der Waals surface area contributed by atoms with E-state index in [0.717, 1.165) is 44.6 Å². The van der Waals surface area contributed by atoms with Gasteiger partial charge in [-0.2, -0.15) is 0 Å². The maximum absolute atomic E-state index is 12.6. The first kappa shape index (κ1) is 16.7. The Bertz CT molecular complexity index is 564. The third kappa shape index (κ3) is 3.86. The van der Waals surface area contributed by atoms with Gasteiger partial charge in [0.05, 0.1) is 0 Å². The monoisotopic (exact) mass is 330 g/mol. The van der Waals surface area contributed by atoms with Gasteiger partial charge in [0.2, 0.25) is 11.8 Å². The molecule has 6 heteroatoms. The van der Waals surface area contributed by atoms with Crippen LogP contribution in [-0.4, -0.2) is 53.9 Å². The highest BCUT2D eigenvalue weighted by Crippen LogP contribution is 2.24. The van der Waals surface area contributed by atoms with Crippen molar-refractivity contribution in [2.75, 3.05) is 31.1 Å². The van der Waals surface area contributed by atoms with Crippen LogP contribution in [-0.2, 0) is 9.59 Å². The zero-order valence-corrected chi connectivity index (χ0v) is 14.3. The molecule has 1 atom stereocenters. The summed E-state index contributed by atoms with van der Waals surface area (Å²) in [7, 11) is 0. The van der Waals surface area contributed by atoms with Gasteiger partial charge in [0.25, 0.3) is 0 Å². The summed E-state index contributed by atoms with van der Waals surface area (Å²) in [6.07, 6.45) is 5.93. The number of carbonyl (C=O) groups excluding carboxylic acids is 2. The second-order valence-corrected chi connectivity index (χ2v) is 6.71. The largest absolute Gasteiger partial charge is 0.353 e. The Hall–Kier alpha value is -2.11. The summed E-state index contributed by atoms with van der Waals surface area (Å²) in [6.45, 7) is 4.66. The van der Waals surface area contributed by atoms with E-state index < -0.39 is 6.04 Å². The van der Waals surface area contributed by atoms with Crippen molar-refractivity contribution in [2.45, 2.75) is 38.6 Å². The van der Waals surface area contributed by atoms with Gasteiger partial charge in [0.15, 0.2) is 0 Å². The van der Waals surface area contributed by atoms with Crippen LogP contribution in [0.1, 0.15) is 32.6 Å². The van der Waals surface area contributed by atoms with Gasteiger partial charge in [-0.05, 0) is 31.9 Å². The quantitative estimate of drug-likeness (QED) is 0.907. The van der Waals surface area contributed by atoms with Crippen molar-refractivity contribution < 1.29 is 9.59 Å². The summed E-state index contributed by atoms with van der Waals surface area (Å²) in [5, 5.41) is 2.91. The number of nitrogens with one attached hydrogen (secondary N) is 1. The average Bonchev–Trinajstić information content (AvgIpc) is 3.17. The highest BCUT2D eigenvalue weighted by molar-refractivity contribution is 5.88. The Morgan fingerprint density at radius 3 is 2.50 bits per heavy atom. The normalized spacial score (nSPS) is 20.0. The zero-order valence-electron chi connectivity index (χ0n) is 14.3. The highest BCUT2D eigenvalue weighted by atomic mass is 16.2. The minimum atomic E-state index is -0.445. The summed E-state index contributed by atoms with van der Waals surface area (Å²) >= 11 is 0. The number of aromatic nitrogens is 1. The second-order valence-electron chi connectivity index (χ2n) is 6.71. The standard InChI is InChI=1S/C18H26N4O2/c1-14(20-17(23)15-6-2-3-7-15)18(24)22-12-10-21(11-13-22)16-8-4-5-9-19-16/h4-5,8-9,14-15H,2-3,6-7,10-13H2,1H3,(H,20,23). The molecule has 6 nitrogen and oxygen atoms in total. The lowest BCUT2D eigenvalue weighted by Gasteiger charge is -2.36. The summed E-state index contributed by atoms with van der Waals surface area (Å²) < 4.78 is 0. The third-order valence-electron chi connectivity index (χ3n) is 5.02. The summed E-state index contributed by atoms with van der Waals surface area (Å²) in [6, 6.07) is 5.42. The second kappa shape index (κ2) is 7.64. The lowest BCUT2D eigenvalue weighted by molar-refractivity contribution is -0.137. The molecule has 2 amide bonds. The number of nitrogens with zero attached hydrogens (tertiary/aromatic N) is 3. The molecule has 1 aliphatic carbocycles. The summed E-state index contributed by atoms with van der Waals surface area (Å²) in [5.74, 6) is 1.11. The van der Waals surface area contributed by atoms with E-state index in [0.29, 0.717) is 13.1 Å². The van der Waals surface area contributed by atoms with Gasteiger partial charge >= 0.3 is 0 Å². The van der Waals surface area contributed by atoms with Crippen LogP contribution in [0.3, 0.4) is 0 Å². The van der Waals surface area contributed by atoms with Gasteiger partial charge < -0.3 is 15.1 Å². The van der Waals surface area contributed by atoms with Gasteiger partial charge in [0, 0.05) is 38.3 Å². The molecule has 2 fully saturated rings. The first-order chi connectivity index (χ1) is 11.6. The molecule has 0 aromatic carbocycles. The molecular formula is C18H26N4O2. The van der Waals surface area contributed by atoms with E-state index >= 15 is 0 Å². The minimum Gasteiger partial charge on any atom is -0.353 e. The Labute approximate surface area is 143 Å². The van der Waals surface area contributed by atoms with Crippen molar-refractivity contribution >= 4 is 17.6 Å². The fourth-order valence-electron chi connectivity index (χ4n) is 3.55. The molecular weight excluding hydrogens is 304 g/mol. The number of rotatable bonds is 4. The van der Waals surface area contributed by atoms with Crippen LogP contribution in [0, 0.1) is 5.92 Å². The van der Waals surface area contributed by atoms with Crippen LogP contribution >= 0.6 is 0 Å². The molecule has 1 aromatic heterocycles. The summed E-state index contributed by atoms with van der Waals surface area (Å²) in [4.78, 5) is 33.1. The Kier molecular flexibility index (Phi) is 5.33. The number of anilines is 1. The van der Waals surface area contributed by atoms with E-state index in [1.54, 1.807) is 13.1 Å². The van der Waals surface area contributed by atoms with E-state index in [2.05, 4.69) is 15.2 Å². The third-order valence-corrected chi connectivity index (χ3v) is 5.02. The molecule has 1 saturated carbocycles. The van der Waals surface area contributed by atoms with Crippen LogP contribution in [0.25, 0.3) is 0 Å². The number of amides is 2. The van der Waals surface area contributed by atoms with E-state index in [1.807, 2.05) is 23.1 Å². The van der Waals surface area contributed by atoms with E-state index in [1.165, 1.54) is 0 Å². The average molecular weight is 330 g/mol. The van der Waals surface area contributed by atoms with Crippen LogP contribution < -0.4 is 10.2 Å². The zero-order chi connectivity index (χ0) is 16.9. The van der Waals surface area contributed by atoms with Crippen LogP contribution in [0.2, 0.25) is 0 Å². The lowest BCUT2D eigenvalue weighted by atomic mass is 10.1. The molecule has 1 unspecified atom stereocenters. The Morgan fingerprint density at radius 1 is 1.17 bits per heavy atom. The van der Waals surface area contributed by atoms with Crippen molar-refractivity contribution in [1.82, 2.24) is 15.2 Å². The molecule has 1 N–H and O–H groups in total. The Morgan fingerprint density at radius 2 is 1.88 bits per heavy atom. The predicted octanol–water partition coefficient (Wildman–Crippen LogP) is 1.43. The van der Waals surface area contributed by atoms with Gasteiger partial charge in [-0.1, -0.05) is 18.9 Å². The number of carbonyl (C=O) groups is 2. The number of hydrogen-bond acceptors (Lipinski definition) is 4. The molecule has 24 heavy (non-hydrogen) atoms. The van der Waals surface area contributed by atoms with Crippen molar-refractivity contribution in [3.63, 3.8) is 0 Å². The topological polar surface area (TPSA) is 65.5 Å². The minimum absolute atomic E-state index is 0.0158. The molecule has 3 rings (SSSR count). The fraction of sp³-hybridized carbons (Fsp3) is 0.611. The Balaban J connectivity index is 1.48. The van der Waals surface area contributed by atoms with Crippen LogP contribution in [0.5, 0.6) is 0 Å². The number of hydrogen-bond donors (Lipinski definition) is 1. The fourth-order valence-corrected chi connectivity index (χ4v) is 3.55. The van der Waals surface area contributed by atoms with E-state index in [9.17, 15) is 9.59 Å². The van der Waals surface area contributed by atoms with Gasteiger partial charge in [0.1, 0.15) is 11.9 Å². The highest BCUT2D eigenvalue weighted by Gasteiger charge is 2.29. The van der Waals surface area contributed by atoms with E-state index in [4.69, 9.17) is 0 Å². The van der Waals surface area contributed by atoms with E-state index in [-0.39, 0.29) is 17.7 Å². The SMILES string of the molecule is CC(NC(=O)C1CCCC1)C(=O)N1CCN(c2ccccn2)CC1. The maximum atomic E-state index is 12.6. The van der Waals surface area contributed by atoms with Crippen LogP contribution in [0.15, 0.2) is 24.4 Å². The molecule has 2 aliphatic rings. The molecule has 0 spiro atoms. The molecule has 1 saturated heterocycles. The molecule has 0 radical (unpaired) electrons. The van der Waals surface area contributed by atoms with Gasteiger partial charge in [-0.25, -0.2) is 4.98 Å². The van der Waals surface area contributed by atoms with Gasteiger partial charge in [-0.3, -0.25) is 9.59 Å². The molecule has 1 aliphatic heterocycles. The van der Waals surface area contributed by atoms with Crippen molar-refractivity contribution in [1.29, 1.82) is 0 Å².